The fourth-order valence-electron chi connectivity index (χ4n) is 1.81. The van der Waals surface area contributed by atoms with Crippen molar-refractivity contribution in [3.8, 4) is 5.75 Å². The first-order valence-electron chi connectivity index (χ1n) is 4.44. The Kier molecular flexibility index (Phi) is 2.27. The largest absolute Gasteiger partial charge is 0.496 e. The van der Waals surface area contributed by atoms with E-state index in [4.69, 9.17) is 4.74 Å². The van der Waals surface area contributed by atoms with Gasteiger partial charge in [-0.2, -0.15) is 0 Å². The summed E-state index contributed by atoms with van der Waals surface area (Å²) in [6.45, 7) is 2.09. The van der Waals surface area contributed by atoms with Crippen LogP contribution in [0.1, 0.15) is 5.56 Å². The molecule has 0 fully saturated rings. The van der Waals surface area contributed by atoms with E-state index >= 15 is 0 Å². The molecular formula is C11H12BrNO. The van der Waals surface area contributed by atoms with Crippen molar-refractivity contribution in [3.05, 3.63) is 28.4 Å². The average Bonchev–Trinajstić information content (AvgIpc) is 2.44. The summed E-state index contributed by atoms with van der Waals surface area (Å²) in [6, 6.07) is 6.09. The van der Waals surface area contributed by atoms with Gasteiger partial charge in [-0.3, -0.25) is 0 Å². The number of aromatic nitrogens is 1. The molecule has 2 aromatic rings. The first kappa shape index (κ1) is 9.59. The summed E-state index contributed by atoms with van der Waals surface area (Å²) in [7, 11) is 3.74. The fourth-order valence-corrected chi connectivity index (χ4v) is 2.20. The number of halogens is 1. The molecule has 14 heavy (non-hydrogen) atoms. The topological polar surface area (TPSA) is 14.2 Å². The molecule has 0 aliphatic rings. The average molecular weight is 254 g/mol. The molecule has 0 bridgehead atoms. The number of fused-ring (bicyclic) bond motifs is 1. The number of hydrogen-bond acceptors (Lipinski definition) is 1. The molecule has 0 aliphatic carbocycles. The molecule has 0 N–H and O–H groups in total. The minimum absolute atomic E-state index is 0.932. The van der Waals surface area contributed by atoms with Gasteiger partial charge in [0, 0.05) is 12.4 Å². The lowest BCUT2D eigenvalue weighted by Crippen LogP contribution is -1.87. The molecule has 0 aliphatic heterocycles. The maximum absolute atomic E-state index is 5.34. The van der Waals surface area contributed by atoms with Crippen LogP contribution < -0.4 is 4.74 Å². The summed E-state index contributed by atoms with van der Waals surface area (Å²) in [5.41, 5.74) is 2.41. The van der Waals surface area contributed by atoms with Crippen LogP contribution in [0.2, 0.25) is 0 Å². The summed E-state index contributed by atoms with van der Waals surface area (Å²) < 4.78 is 8.57. The van der Waals surface area contributed by atoms with Crippen LogP contribution in [0.3, 0.4) is 0 Å². The highest BCUT2D eigenvalue weighted by molar-refractivity contribution is 9.10. The number of benzene rings is 1. The van der Waals surface area contributed by atoms with Crippen molar-refractivity contribution in [2.45, 2.75) is 6.92 Å². The van der Waals surface area contributed by atoms with Gasteiger partial charge in [-0.25, -0.2) is 0 Å². The molecule has 0 amide bonds. The van der Waals surface area contributed by atoms with Gasteiger partial charge < -0.3 is 9.30 Å². The molecule has 3 heteroatoms. The highest BCUT2D eigenvalue weighted by atomic mass is 79.9. The second kappa shape index (κ2) is 3.31. The van der Waals surface area contributed by atoms with Gasteiger partial charge in [0.05, 0.1) is 17.2 Å². The van der Waals surface area contributed by atoms with Gasteiger partial charge >= 0.3 is 0 Å². The first-order chi connectivity index (χ1) is 6.66. The van der Waals surface area contributed by atoms with E-state index in [0.29, 0.717) is 0 Å². The normalized spacial score (nSPS) is 10.9. The zero-order chi connectivity index (χ0) is 10.3. The third-order valence-corrected chi connectivity index (χ3v) is 3.69. The molecule has 1 aromatic carbocycles. The molecule has 0 atom stereocenters. The molecule has 0 saturated carbocycles. The highest BCUT2D eigenvalue weighted by Crippen LogP contribution is 2.34. The second-order valence-electron chi connectivity index (χ2n) is 3.33. The number of nitrogens with zero attached hydrogens (tertiary/aromatic N) is 1. The highest BCUT2D eigenvalue weighted by Gasteiger charge is 2.12. The van der Waals surface area contributed by atoms with E-state index in [9.17, 15) is 0 Å². The Morgan fingerprint density at radius 3 is 2.71 bits per heavy atom. The molecule has 0 saturated heterocycles. The standard InChI is InChI=1S/C11H12BrNO/c1-7-10-8(13(2)11(7)12)5-4-6-9(10)14-3/h4-6H,1-3H3. The van der Waals surface area contributed by atoms with Crippen LogP contribution in [0, 0.1) is 6.92 Å². The number of methoxy groups -OCH3 is 1. The smallest absolute Gasteiger partial charge is 0.128 e. The van der Waals surface area contributed by atoms with Gasteiger partial charge in [0.2, 0.25) is 0 Å². The van der Waals surface area contributed by atoms with Crippen LogP contribution >= 0.6 is 15.9 Å². The van der Waals surface area contributed by atoms with Crippen LogP contribution in [0.25, 0.3) is 10.9 Å². The Bertz CT molecular complexity index is 487. The van der Waals surface area contributed by atoms with Crippen LogP contribution in [0.4, 0.5) is 0 Å². The van der Waals surface area contributed by atoms with E-state index in [2.05, 4.69) is 33.5 Å². The van der Waals surface area contributed by atoms with Gasteiger partial charge in [-0.05, 0) is 40.5 Å². The Morgan fingerprint density at radius 2 is 2.07 bits per heavy atom. The predicted molar refractivity (Wildman–Crippen MR) is 61.9 cm³/mol. The van der Waals surface area contributed by atoms with Gasteiger partial charge in [0.15, 0.2) is 0 Å². The van der Waals surface area contributed by atoms with Gasteiger partial charge in [-0.1, -0.05) is 6.07 Å². The van der Waals surface area contributed by atoms with Gasteiger partial charge in [0.1, 0.15) is 5.75 Å². The molecule has 74 valence electrons. The van der Waals surface area contributed by atoms with Crippen molar-refractivity contribution >= 4 is 26.8 Å². The number of hydrogen-bond donors (Lipinski definition) is 0. The second-order valence-corrected chi connectivity index (χ2v) is 4.08. The summed E-state index contributed by atoms with van der Waals surface area (Å²) in [4.78, 5) is 0. The minimum Gasteiger partial charge on any atom is -0.496 e. The maximum atomic E-state index is 5.34. The SMILES string of the molecule is COc1cccc2c1c(C)c(Br)n2C. The van der Waals surface area contributed by atoms with Crippen LogP contribution in [0.15, 0.2) is 22.8 Å². The number of aryl methyl sites for hydroxylation is 2. The lowest BCUT2D eigenvalue weighted by Gasteiger charge is -2.02. The molecule has 0 unspecified atom stereocenters. The monoisotopic (exact) mass is 253 g/mol. The number of ether oxygens (including phenoxy) is 1. The van der Waals surface area contributed by atoms with Gasteiger partial charge in [0.25, 0.3) is 0 Å². The first-order valence-corrected chi connectivity index (χ1v) is 5.23. The third kappa shape index (κ3) is 1.16. The Labute approximate surface area is 91.6 Å². The van der Waals surface area contributed by atoms with Crippen molar-refractivity contribution in [3.63, 3.8) is 0 Å². The minimum atomic E-state index is 0.932. The molecular weight excluding hydrogens is 242 g/mol. The van der Waals surface area contributed by atoms with Crippen LogP contribution in [-0.4, -0.2) is 11.7 Å². The van der Waals surface area contributed by atoms with E-state index in [1.54, 1.807) is 7.11 Å². The summed E-state index contributed by atoms with van der Waals surface area (Å²) >= 11 is 3.56. The molecule has 2 rings (SSSR count). The van der Waals surface area contributed by atoms with Crippen molar-refractivity contribution in [2.24, 2.45) is 7.05 Å². The van der Waals surface area contributed by atoms with Crippen molar-refractivity contribution in [2.75, 3.05) is 7.11 Å². The molecule has 1 heterocycles. The van der Waals surface area contributed by atoms with E-state index in [-0.39, 0.29) is 0 Å². The molecule has 0 spiro atoms. The van der Waals surface area contributed by atoms with Crippen LogP contribution in [0.5, 0.6) is 5.75 Å². The summed E-state index contributed by atoms with van der Waals surface area (Å²) in [5, 5.41) is 1.18. The maximum Gasteiger partial charge on any atom is 0.128 e. The fraction of sp³-hybridized carbons (Fsp3) is 0.273. The Hall–Kier alpha value is -0.960. The molecule has 1 aromatic heterocycles. The predicted octanol–water partition coefficient (Wildman–Crippen LogP) is 3.26. The lowest BCUT2D eigenvalue weighted by molar-refractivity contribution is 0.419. The van der Waals surface area contributed by atoms with Crippen molar-refractivity contribution < 1.29 is 4.74 Å². The van der Waals surface area contributed by atoms with E-state index in [1.165, 1.54) is 16.5 Å². The third-order valence-electron chi connectivity index (χ3n) is 2.56. The van der Waals surface area contributed by atoms with E-state index in [1.807, 2.05) is 19.2 Å². The Morgan fingerprint density at radius 1 is 1.36 bits per heavy atom. The molecule has 0 radical (unpaired) electrons. The van der Waals surface area contributed by atoms with E-state index in [0.717, 1.165) is 10.4 Å². The van der Waals surface area contributed by atoms with E-state index < -0.39 is 0 Å². The van der Waals surface area contributed by atoms with Crippen LogP contribution in [-0.2, 0) is 7.05 Å². The zero-order valence-electron chi connectivity index (χ0n) is 8.47. The van der Waals surface area contributed by atoms with Gasteiger partial charge in [-0.15, -0.1) is 0 Å². The van der Waals surface area contributed by atoms with Crippen molar-refractivity contribution in [1.29, 1.82) is 0 Å². The Balaban J connectivity index is 2.94. The zero-order valence-corrected chi connectivity index (χ0v) is 10.1. The van der Waals surface area contributed by atoms with Crippen molar-refractivity contribution in [1.82, 2.24) is 4.57 Å². The summed E-state index contributed by atoms with van der Waals surface area (Å²) in [6.07, 6.45) is 0. The molecule has 2 nitrogen and oxygen atoms in total. The summed E-state index contributed by atoms with van der Waals surface area (Å²) in [5.74, 6) is 0.932. The lowest BCUT2D eigenvalue weighted by atomic mass is 10.2. The quantitative estimate of drug-likeness (QED) is 0.761. The number of rotatable bonds is 1.